The van der Waals surface area contributed by atoms with Gasteiger partial charge < -0.3 is 10.1 Å². The molecular formula is C15H18F2N2OS. The highest BCUT2D eigenvalue weighted by atomic mass is 32.1. The summed E-state index contributed by atoms with van der Waals surface area (Å²) in [4.78, 5) is 5.70. The zero-order valence-electron chi connectivity index (χ0n) is 11.8. The lowest BCUT2D eigenvalue weighted by Crippen LogP contribution is -2.08. The zero-order valence-corrected chi connectivity index (χ0v) is 12.6. The number of benzene rings is 1. The van der Waals surface area contributed by atoms with Gasteiger partial charge in [-0.3, -0.25) is 0 Å². The van der Waals surface area contributed by atoms with Gasteiger partial charge in [-0.15, -0.1) is 11.3 Å². The average Bonchev–Trinajstić information content (AvgIpc) is 2.88. The number of halogens is 2. The summed E-state index contributed by atoms with van der Waals surface area (Å²) in [6.07, 6.45) is -1.86. The van der Waals surface area contributed by atoms with Gasteiger partial charge in [-0.1, -0.05) is 30.3 Å². The molecule has 3 nitrogen and oxygen atoms in total. The highest BCUT2D eigenvalue weighted by molar-refractivity contribution is 7.15. The molecule has 0 saturated heterocycles. The van der Waals surface area contributed by atoms with E-state index in [1.165, 1.54) is 0 Å². The first-order valence-electron chi connectivity index (χ1n) is 6.75. The predicted molar refractivity (Wildman–Crippen MR) is 80.8 cm³/mol. The van der Waals surface area contributed by atoms with E-state index < -0.39 is 13.0 Å². The maximum atomic E-state index is 12.0. The van der Waals surface area contributed by atoms with Gasteiger partial charge in [0, 0.05) is 13.0 Å². The first-order valence-corrected chi connectivity index (χ1v) is 7.57. The van der Waals surface area contributed by atoms with Crippen molar-refractivity contribution in [2.45, 2.75) is 19.4 Å². The number of aromatic nitrogens is 1. The lowest BCUT2D eigenvalue weighted by molar-refractivity contribution is 0.0187. The molecule has 1 aromatic heterocycles. The third-order valence-electron chi connectivity index (χ3n) is 2.83. The van der Waals surface area contributed by atoms with Crippen molar-refractivity contribution < 1.29 is 13.5 Å². The monoisotopic (exact) mass is 312 g/mol. The topological polar surface area (TPSA) is 34.2 Å². The summed E-state index contributed by atoms with van der Waals surface area (Å²) in [7, 11) is 1.87. The predicted octanol–water partition coefficient (Wildman–Crippen LogP) is 3.35. The minimum Gasteiger partial charge on any atom is -0.375 e. The van der Waals surface area contributed by atoms with Gasteiger partial charge in [0.25, 0.3) is 6.43 Å². The van der Waals surface area contributed by atoms with E-state index >= 15 is 0 Å². The van der Waals surface area contributed by atoms with Gasteiger partial charge >= 0.3 is 0 Å². The Kier molecular flexibility index (Phi) is 6.22. The van der Waals surface area contributed by atoms with Crippen LogP contribution in [0.1, 0.15) is 10.7 Å². The first-order chi connectivity index (χ1) is 10.2. The third kappa shape index (κ3) is 4.84. The standard InChI is InChI=1S/C15H18F2N2OS/c1-18-9-12-15(11-5-3-2-4-6-11)21-14(19-12)7-8-20-10-13(16)17/h2-6,13,18H,7-10H2,1H3. The van der Waals surface area contributed by atoms with E-state index in [2.05, 4.69) is 10.3 Å². The third-order valence-corrected chi connectivity index (χ3v) is 4.03. The maximum Gasteiger partial charge on any atom is 0.261 e. The van der Waals surface area contributed by atoms with Crippen LogP contribution in [-0.4, -0.2) is 31.7 Å². The summed E-state index contributed by atoms with van der Waals surface area (Å²) in [5, 5.41) is 4.01. The van der Waals surface area contributed by atoms with E-state index in [1.54, 1.807) is 11.3 Å². The number of ether oxygens (including phenoxy) is 1. The highest BCUT2D eigenvalue weighted by Gasteiger charge is 2.12. The number of nitrogens with one attached hydrogen (secondary N) is 1. The summed E-state index contributed by atoms with van der Waals surface area (Å²) < 4.78 is 28.9. The number of thiazole rings is 1. The molecule has 0 aliphatic heterocycles. The Morgan fingerprint density at radius 2 is 2.05 bits per heavy atom. The molecule has 0 bridgehead atoms. The number of hydrogen-bond acceptors (Lipinski definition) is 4. The second-order valence-electron chi connectivity index (χ2n) is 4.50. The molecule has 21 heavy (non-hydrogen) atoms. The van der Waals surface area contributed by atoms with Crippen molar-refractivity contribution in [1.82, 2.24) is 10.3 Å². The molecule has 0 atom stereocenters. The average molecular weight is 312 g/mol. The molecular weight excluding hydrogens is 294 g/mol. The summed E-state index contributed by atoms with van der Waals surface area (Å²) in [5.74, 6) is 0. The van der Waals surface area contributed by atoms with E-state index in [-0.39, 0.29) is 6.61 Å². The van der Waals surface area contributed by atoms with Crippen LogP contribution in [0.25, 0.3) is 10.4 Å². The molecule has 0 amide bonds. The number of alkyl halides is 2. The summed E-state index contributed by atoms with van der Waals surface area (Å²) in [6.45, 7) is 0.435. The second-order valence-corrected chi connectivity index (χ2v) is 5.58. The van der Waals surface area contributed by atoms with Crippen molar-refractivity contribution in [2.24, 2.45) is 0 Å². The summed E-state index contributed by atoms with van der Waals surface area (Å²) in [6, 6.07) is 10.0. The van der Waals surface area contributed by atoms with E-state index in [0.29, 0.717) is 13.0 Å². The summed E-state index contributed by atoms with van der Waals surface area (Å²) in [5.41, 5.74) is 2.11. The van der Waals surface area contributed by atoms with Crippen molar-refractivity contribution in [3.05, 3.63) is 41.0 Å². The van der Waals surface area contributed by atoms with Gasteiger partial charge in [0.15, 0.2) is 0 Å². The number of hydrogen-bond donors (Lipinski definition) is 1. The zero-order chi connectivity index (χ0) is 15.1. The van der Waals surface area contributed by atoms with Gasteiger partial charge in [-0.05, 0) is 12.6 Å². The highest BCUT2D eigenvalue weighted by Crippen LogP contribution is 2.30. The van der Waals surface area contributed by atoms with Gasteiger partial charge in [0.2, 0.25) is 0 Å². The molecule has 0 radical (unpaired) electrons. The molecule has 1 aromatic carbocycles. The Bertz CT molecular complexity index is 546. The molecule has 114 valence electrons. The fourth-order valence-electron chi connectivity index (χ4n) is 1.94. The number of rotatable bonds is 8. The fourth-order valence-corrected chi connectivity index (χ4v) is 3.01. The first kappa shape index (κ1) is 16.0. The molecule has 0 saturated carbocycles. The lowest BCUT2D eigenvalue weighted by atomic mass is 10.1. The van der Waals surface area contributed by atoms with Crippen molar-refractivity contribution in [2.75, 3.05) is 20.3 Å². The minimum absolute atomic E-state index is 0.269. The molecule has 0 spiro atoms. The molecule has 2 aromatic rings. The SMILES string of the molecule is CNCc1nc(CCOCC(F)F)sc1-c1ccccc1. The second kappa shape index (κ2) is 8.17. The van der Waals surface area contributed by atoms with E-state index in [4.69, 9.17) is 4.74 Å². The molecule has 0 aliphatic carbocycles. The molecule has 2 rings (SSSR count). The number of nitrogens with zero attached hydrogens (tertiary/aromatic N) is 1. The van der Waals surface area contributed by atoms with Gasteiger partial charge in [0.05, 0.1) is 22.2 Å². The molecule has 6 heteroatoms. The van der Waals surface area contributed by atoms with Crippen molar-refractivity contribution in [3.63, 3.8) is 0 Å². The van der Waals surface area contributed by atoms with E-state index in [1.807, 2.05) is 37.4 Å². The molecule has 1 heterocycles. The summed E-state index contributed by atoms with van der Waals surface area (Å²) >= 11 is 1.59. The quantitative estimate of drug-likeness (QED) is 0.759. The Morgan fingerprint density at radius 1 is 1.29 bits per heavy atom. The molecule has 1 N–H and O–H groups in total. The Balaban J connectivity index is 2.06. The Hall–Kier alpha value is -1.37. The van der Waals surface area contributed by atoms with Crippen LogP contribution >= 0.6 is 11.3 Å². The van der Waals surface area contributed by atoms with Gasteiger partial charge in [0.1, 0.15) is 6.61 Å². The van der Waals surface area contributed by atoms with E-state index in [0.717, 1.165) is 21.1 Å². The largest absolute Gasteiger partial charge is 0.375 e. The van der Waals surface area contributed by atoms with Crippen LogP contribution in [0.4, 0.5) is 8.78 Å². The minimum atomic E-state index is -2.42. The maximum absolute atomic E-state index is 12.0. The van der Waals surface area contributed by atoms with Gasteiger partial charge in [-0.2, -0.15) is 0 Å². The van der Waals surface area contributed by atoms with E-state index in [9.17, 15) is 8.78 Å². The van der Waals surface area contributed by atoms with Crippen molar-refractivity contribution in [3.8, 4) is 10.4 Å². The van der Waals surface area contributed by atoms with Crippen LogP contribution < -0.4 is 5.32 Å². The van der Waals surface area contributed by atoms with Gasteiger partial charge in [-0.25, -0.2) is 13.8 Å². The van der Waals surface area contributed by atoms with Crippen LogP contribution in [0.15, 0.2) is 30.3 Å². The van der Waals surface area contributed by atoms with Crippen LogP contribution in [0.2, 0.25) is 0 Å². The molecule has 0 aliphatic rings. The Labute approximate surface area is 127 Å². The Morgan fingerprint density at radius 3 is 2.71 bits per heavy atom. The normalized spacial score (nSPS) is 11.2. The lowest BCUT2D eigenvalue weighted by Gasteiger charge is -2.00. The fraction of sp³-hybridized carbons (Fsp3) is 0.400. The van der Waals surface area contributed by atoms with Crippen molar-refractivity contribution >= 4 is 11.3 Å². The molecule has 0 fully saturated rings. The van der Waals surface area contributed by atoms with Crippen LogP contribution in [0.5, 0.6) is 0 Å². The van der Waals surface area contributed by atoms with Crippen LogP contribution in [-0.2, 0) is 17.7 Å². The van der Waals surface area contributed by atoms with Crippen molar-refractivity contribution in [1.29, 1.82) is 0 Å². The van der Waals surface area contributed by atoms with Crippen LogP contribution in [0.3, 0.4) is 0 Å². The molecule has 0 unspecified atom stereocenters. The van der Waals surface area contributed by atoms with Crippen LogP contribution in [0, 0.1) is 0 Å². The smallest absolute Gasteiger partial charge is 0.261 e.